The van der Waals surface area contributed by atoms with Crippen LogP contribution in [0.3, 0.4) is 0 Å². The number of rotatable bonds is 6. The number of ether oxygens (including phenoxy) is 1. The van der Waals surface area contributed by atoms with Gasteiger partial charge in [-0.3, -0.25) is 14.5 Å². The van der Waals surface area contributed by atoms with Gasteiger partial charge in [0.15, 0.2) is 6.29 Å². The zero-order valence-corrected chi connectivity index (χ0v) is 20.3. The second kappa shape index (κ2) is 9.10. The Labute approximate surface area is 199 Å². The Morgan fingerprint density at radius 1 is 1.26 bits per heavy atom. The van der Waals surface area contributed by atoms with E-state index in [1.165, 1.54) is 11.1 Å². The standard InChI is InChI=1S/C23H26F3N3O4S/c1-21(2,3)33-20(32)16-8-14(6-7-27-16)10-28-13-29(19(17(31)11-30)22(28,4)5)18-9-15(12-34-18)23(24,25)26/h6-9,11-12,19H,10,13H2,1-5H3. The van der Waals surface area contributed by atoms with E-state index in [2.05, 4.69) is 4.98 Å². The van der Waals surface area contributed by atoms with E-state index in [9.17, 15) is 27.6 Å². The number of aromatic nitrogens is 1. The normalized spacial score (nSPS) is 18.7. The number of hydrogen-bond acceptors (Lipinski definition) is 8. The van der Waals surface area contributed by atoms with E-state index in [0.717, 1.165) is 22.8 Å². The maximum atomic E-state index is 13.1. The summed E-state index contributed by atoms with van der Waals surface area (Å²) in [5, 5.41) is 1.23. The average Bonchev–Trinajstić information content (AvgIpc) is 3.30. The second-order valence-corrected chi connectivity index (χ2v) is 10.5. The van der Waals surface area contributed by atoms with E-state index in [0.29, 0.717) is 5.56 Å². The minimum atomic E-state index is -4.51. The minimum absolute atomic E-state index is 0.110. The zero-order valence-electron chi connectivity index (χ0n) is 19.5. The summed E-state index contributed by atoms with van der Waals surface area (Å²) in [4.78, 5) is 43.8. The largest absolute Gasteiger partial charge is 0.455 e. The Morgan fingerprint density at radius 3 is 2.50 bits per heavy atom. The summed E-state index contributed by atoms with van der Waals surface area (Å²) in [5.41, 5.74) is -1.57. The van der Waals surface area contributed by atoms with Crippen molar-refractivity contribution in [2.45, 2.75) is 64.5 Å². The molecule has 1 atom stereocenters. The van der Waals surface area contributed by atoms with Crippen molar-refractivity contribution in [3.05, 3.63) is 46.6 Å². The summed E-state index contributed by atoms with van der Waals surface area (Å²) in [6.45, 7) is 9.13. The molecule has 11 heteroatoms. The molecular weight excluding hydrogens is 471 g/mol. The highest BCUT2D eigenvalue weighted by Gasteiger charge is 2.50. The van der Waals surface area contributed by atoms with Gasteiger partial charge in [-0.1, -0.05) is 0 Å². The minimum Gasteiger partial charge on any atom is -0.455 e. The first-order valence-electron chi connectivity index (χ1n) is 10.5. The first kappa shape index (κ1) is 25.8. The highest BCUT2D eigenvalue weighted by Crippen LogP contribution is 2.42. The third kappa shape index (κ3) is 5.47. The Balaban J connectivity index is 1.90. The molecule has 7 nitrogen and oxygen atoms in total. The number of hydrogen-bond donors (Lipinski definition) is 0. The van der Waals surface area contributed by atoms with E-state index in [1.54, 1.807) is 46.8 Å². The molecule has 0 N–H and O–H groups in total. The first-order valence-corrected chi connectivity index (χ1v) is 11.4. The molecule has 1 saturated heterocycles. The number of nitrogens with zero attached hydrogens (tertiary/aromatic N) is 3. The Morgan fingerprint density at radius 2 is 1.94 bits per heavy atom. The SMILES string of the molecule is CC(C)(C)OC(=O)c1cc(CN2CN(c3cc(C(F)(F)F)cs3)C(C(=O)C=O)C2(C)C)ccn1. The van der Waals surface area contributed by atoms with Crippen molar-refractivity contribution in [2.24, 2.45) is 0 Å². The monoisotopic (exact) mass is 497 g/mol. The van der Waals surface area contributed by atoms with Crippen LogP contribution in [0.15, 0.2) is 29.8 Å². The summed E-state index contributed by atoms with van der Waals surface area (Å²) in [6.07, 6.45) is -2.84. The maximum absolute atomic E-state index is 13.1. The van der Waals surface area contributed by atoms with Crippen molar-refractivity contribution in [3.63, 3.8) is 0 Å². The molecule has 2 aromatic rings. The number of ketones is 1. The predicted molar refractivity (Wildman–Crippen MR) is 121 cm³/mol. The van der Waals surface area contributed by atoms with E-state index in [1.807, 2.05) is 4.90 Å². The number of halogens is 3. The van der Waals surface area contributed by atoms with E-state index in [4.69, 9.17) is 4.74 Å². The lowest BCUT2D eigenvalue weighted by atomic mass is 9.91. The Hall–Kier alpha value is -2.79. The molecule has 3 rings (SSSR count). The van der Waals surface area contributed by atoms with Crippen LogP contribution in [0.1, 0.15) is 56.2 Å². The lowest BCUT2D eigenvalue weighted by Gasteiger charge is -2.34. The lowest BCUT2D eigenvalue weighted by Crippen LogP contribution is -2.51. The molecule has 34 heavy (non-hydrogen) atoms. The van der Waals surface area contributed by atoms with Crippen molar-refractivity contribution in [1.29, 1.82) is 0 Å². The van der Waals surface area contributed by atoms with Gasteiger partial charge in [-0.15, -0.1) is 11.3 Å². The molecule has 0 aliphatic carbocycles. The molecule has 0 radical (unpaired) electrons. The quantitative estimate of drug-likeness (QED) is 0.334. The van der Waals surface area contributed by atoms with Gasteiger partial charge in [0.25, 0.3) is 0 Å². The zero-order chi connectivity index (χ0) is 25.5. The van der Waals surface area contributed by atoms with Crippen molar-refractivity contribution in [2.75, 3.05) is 11.6 Å². The summed E-state index contributed by atoms with van der Waals surface area (Å²) < 4.78 is 44.8. The molecule has 1 unspecified atom stereocenters. The topological polar surface area (TPSA) is 79.8 Å². The van der Waals surface area contributed by atoms with Crippen LogP contribution in [0.5, 0.6) is 0 Å². The highest BCUT2D eigenvalue weighted by atomic mass is 32.1. The number of aldehydes is 1. The van der Waals surface area contributed by atoms with Gasteiger partial charge in [-0.25, -0.2) is 9.78 Å². The molecule has 0 amide bonds. The van der Waals surface area contributed by atoms with E-state index >= 15 is 0 Å². The van der Waals surface area contributed by atoms with Crippen LogP contribution in [0.2, 0.25) is 0 Å². The molecule has 1 aliphatic heterocycles. The van der Waals surface area contributed by atoms with Crippen molar-refractivity contribution < 1.29 is 32.3 Å². The summed E-state index contributed by atoms with van der Waals surface area (Å²) >= 11 is 0.866. The number of esters is 1. The molecule has 184 valence electrons. The van der Waals surface area contributed by atoms with Gasteiger partial charge < -0.3 is 9.64 Å². The fourth-order valence-electron chi connectivity index (χ4n) is 3.88. The molecule has 1 aliphatic rings. The van der Waals surface area contributed by atoms with E-state index in [-0.39, 0.29) is 30.2 Å². The summed E-state index contributed by atoms with van der Waals surface area (Å²) in [6, 6.07) is 3.30. The molecule has 0 spiro atoms. The number of pyridine rings is 1. The van der Waals surface area contributed by atoms with Crippen LogP contribution in [0, 0.1) is 0 Å². The lowest BCUT2D eigenvalue weighted by molar-refractivity contribution is -0.137. The van der Waals surface area contributed by atoms with Gasteiger partial charge in [-0.05, 0) is 58.4 Å². The fourth-order valence-corrected chi connectivity index (χ4v) is 4.82. The van der Waals surface area contributed by atoms with Gasteiger partial charge in [0, 0.05) is 23.7 Å². The van der Waals surface area contributed by atoms with Crippen molar-refractivity contribution in [3.8, 4) is 0 Å². The summed E-state index contributed by atoms with van der Waals surface area (Å²) in [7, 11) is 0. The van der Waals surface area contributed by atoms with Crippen molar-refractivity contribution >= 4 is 34.4 Å². The smallest absolute Gasteiger partial charge is 0.417 e. The molecule has 0 aromatic carbocycles. The third-order valence-corrected chi connectivity index (χ3v) is 6.47. The fraction of sp³-hybridized carbons (Fsp3) is 0.478. The average molecular weight is 498 g/mol. The molecule has 3 heterocycles. The van der Waals surface area contributed by atoms with E-state index < -0.39 is 40.7 Å². The molecular formula is C23H26F3N3O4S. The number of anilines is 1. The van der Waals surface area contributed by atoms with Crippen LogP contribution in [-0.2, 0) is 27.0 Å². The van der Waals surface area contributed by atoms with Gasteiger partial charge in [0.05, 0.1) is 17.2 Å². The molecule has 0 saturated carbocycles. The van der Waals surface area contributed by atoms with Crippen LogP contribution >= 0.6 is 11.3 Å². The number of carbonyl (C=O) groups is 3. The third-order valence-electron chi connectivity index (χ3n) is 5.51. The Bertz CT molecular complexity index is 1090. The second-order valence-electron chi connectivity index (χ2n) is 9.61. The van der Waals surface area contributed by atoms with Gasteiger partial charge in [0.2, 0.25) is 5.78 Å². The molecule has 0 bridgehead atoms. The number of thiophene rings is 1. The summed E-state index contributed by atoms with van der Waals surface area (Å²) in [5.74, 6) is -1.30. The first-order chi connectivity index (χ1) is 15.6. The number of Topliss-reactive ketones (excluding diaryl/α,β-unsaturated/α-hetero) is 1. The number of alkyl halides is 3. The van der Waals surface area contributed by atoms with Gasteiger partial charge >= 0.3 is 12.1 Å². The van der Waals surface area contributed by atoms with Crippen LogP contribution in [0.4, 0.5) is 18.2 Å². The van der Waals surface area contributed by atoms with Crippen LogP contribution in [-0.4, -0.2) is 51.8 Å². The Kier molecular flexibility index (Phi) is 6.92. The van der Waals surface area contributed by atoms with Gasteiger partial charge in [0.1, 0.15) is 17.3 Å². The van der Waals surface area contributed by atoms with Crippen LogP contribution < -0.4 is 4.90 Å². The van der Waals surface area contributed by atoms with Gasteiger partial charge in [-0.2, -0.15) is 13.2 Å². The predicted octanol–water partition coefficient (Wildman–Crippen LogP) is 4.31. The van der Waals surface area contributed by atoms with Crippen molar-refractivity contribution in [1.82, 2.24) is 9.88 Å². The molecule has 1 fully saturated rings. The highest BCUT2D eigenvalue weighted by molar-refractivity contribution is 7.14. The number of carbonyl (C=O) groups excluding carboxylic acids is 3. The van der Waals surface area contributed by atoms with Crippen LogP contribution in [0.25, 0.3) is 0 Å². The maximum Gasteiger partial charge on any atom is 0.417 e. The molecule has 2 aromatic heterocycles.